The quantitative estimate of drug-likeness (QED) is 0.437. The summed E-state index contributed by atoms with van der Waals surface area (Å²) in [5.74, 6) is 2.95. The zero-order valence-electron chi connectivity index (χ0n) is 13.7. The van der Waals surface area contributed by atoms with Crippen LogP contribution < -0.4 is 4.74 Å². The van der Waals surface area contributed by atoms with Crippen LogP contribution in [0.25, 0.3) is 10.8 Å². The summed E-state index contributed by atoms with van der Waals surface area (Å²) in [6.07, 6.45) is 5.50. The van der Waals surface area contributed by atoms with Crippen LogP contribution in [0.4, 0.5) is 4.39 Å². The SMILES string of the molecule is C#Cc1c(F)ccc2cc(OCOCCOC)cc(C(C)C)c12. The molecule has 0 aliphatic rings. The first kappa shape index (κ1) is 17.3. The van der Waals surface area contributed by atoms with E-state index in [0.717, 1.165) is 16.3 Å². The smallest absolute Gasteiger partial charge is 0.189 e. The molecule has 0 saturated carbocycles. The number of hydrogen-bond donors (Lipinski definition) is 0. The van der Waals surface area contributed by atoms with Crippen LogP contribution in [0.15, 0.2) is 24.3 Å². The Balaban J connectivity index is 2.36. The van der Waals surface area contributed by atoms with Crippen LogP contribution in [0.2, 0.25) is 0 Å². The molecule has 0 unspecified atom stereocenters. The minimum Gasteiger partial charge on any atom is -0.468 e. The largest absolute Gasteiger partial charge is 0.468 e. The van der Waals surface area contributed by atoms with E-state index in [4.69, 9.17) is 20.6 Å². The first-order valence-electron chi connectivity index (χ1n) is 7.50. The lowest BCUT2D eigenvalue weighted by molar-refractivity contribution is -0.00844. The van der Waals surface area contributed by atoms with Gasteiger partial charge >= 0.3 is 0 Å². The Morgan fingerprint density at radius 2 is 2.00 bits per heavy atom. The Bertz CT molecular complexity index is 717. The zero-order valence-corrected chi connectivity index (χ0v) is 13.7. The lowest BCUT2D eigenvalue weighted by atomic mass is 9.92. The molecule has 122 valence electrons. The number of methoxy groups -OCH3 is 1. The molecular weight excluding hydrogens is 295 g/mol. The molecule has 2 aromatic carbocycles. The van der Waals surface area contributed by atoms with E-state index >= 15 is 0 Å². The predicted molar refractivity (Wildman–Crippen MR) is 89.3 cm³/mol. The third-order valence-corrected chi connectivity index (χ3v) is 3.58. The number of fused-ring (bicyclic) bond motifs is 1. The van der Waals surface area contributed by atoms with Crippen molar-refractivity contribution in [3.05, 3.63) is 41.2 Å². The highest BCUT2D eigenvalue weighted by molar-refractivity contribution is 5.93. The van der Waals surface area contributed by atoms with Gasteiger partial charge in [-0.05, 0) is 35.1 Å². The Morgan fingerprint density at radius 1 is 1.22 bits per heavy atom. The lowest BCUT2D eigenvalue weighted by Crippen LogP contribution is -2.08. The fraction of sp³-hybridized carbons (Fsp3) is 0.368. The van der Waals surface area contributed by atoms with E-state index in [2.05, 4.69) is 5.92 Å². The minimum atomic E-state index is -0.376. The normalized spacial score (nSPS) is 11.0. The van der Waals surface area contributed by atoms with E-state index in [0.29, 0.717) is 24.5 Å². The molecule has 0 fully saturated rings. The number of ether oxygens (including phenoxy) is 3. The van der Waals surface area contributed by atoms with E-state index < -0.39 is 0 Å². The van der Waals surface area contributed by atoms with Gasteiger partial charge in [-0.2, -0.15) is 0 Å². The number of terminal acetylenes is 1. The maximum Gasteiger partial charge on any atom is 0.189 e. The summed E-state index contributed by atoms with van der Waals surface area (Å²) in [6.45, 7) is 5.20. The minimum absolute atomic E-state index is 0.135. The van der Waals surface area contributed by atoms with Gasteiger partial charge in [0.1, 0.15) is 11.6 Å². The van der Waals surface area contributed by atoms with Gasteiger partial charge in [0.05, 0.1) is 18.8 Å². The lowest BCUT2D eigenvalue weighted by Gasteiger charge is -2.15. The van der Waals surface area contributed by atoms with Crippen LogP contribution in [-0.2, 0) is 9.47 Å². The molecule has 0 spiro atoms. The molecule has 0 N–H and O–H groups in total. The summed E-state index contributed by atoms with van der Waals surface area (Å²) in [6, 6.07) is 6.85. The van der Waals surface area contributed by atoms with Gasteiger partial charge in [-0.25, -0.2) is 4.39 Å². The molecule has 0 amide bonds. The van der Waals surface area contributed by atoms with Crippen LogP contribution >= 0.6 is 0 Å². The predicted octanol–water partition coefficient (Wildman–Crippen LogP) is 4.08. The zero-order chi connectivity index (χ0) is 16.8. The molecule has 0 bridgehead atoms. The Kier molecular flexibility index (Phi) is 5.97. The van der Waals surface area contributed by atoms with Crippen molar-refractivity contribution < 1.29 is 18.6 Å². The van der Waals surface area contributed by atoms with Crippen molar-refractivity contribution in [2.24, 2.45) is 0 Å². The first-order chi connectivity index (χ1) is 11.1. The first-order valence-corrected chi connectivity index (χ1v) is 7.50. The maximum absolute atomic E-state index is 14.0. The van der Waals surface area contributed by atoms with Gasteiger partial charge in [0.2, 0.25) is 0 Å². The number of rotatable bonds is 7. The van der Waals surface area contributed by atoms with Crippen LogP contribution in [0.5, 0.6) is 5.75 Å². The monoisotopic (exact) mass is 316 g/mol. The van der Waals surface area contributed by atoms with E-state index in [1.165, 1.54) is 6.07 Å². The average Bonchev–Trinajstić information content (AvgIpc) is 2.54. The summed E-state index contributed by atoms with van der Waals surface area (Å²) in [4.78, 5) is 0. The third kappa shape index (κ3) is 4.01. The summed E-state index contributed by atoms with van der Waals surface area (Å²) >= 11 is 0. The number of hydrogen-bond acceptors (Lipinski definition) is 3. The van der Waals surface area contributed by atoms with E-state index in [1.54, 1.807) is 13.2 Å². The van der Waals surface area contributed by atoms with E-state index in [1.807, 2.05) is 26.0 Å². The van der Waals surface area contributed by atoms with Crippen molar-refractivity contribution in [2.75, 3.05) is 27.1 Å². The van der Waals surface area contributed by atoms with Crippen LogP contribution in [0.3, 0.4) is 0 Å². The topological polar surface area (TPSA) is 27.7 Å². The second-order valence-corrected chi connectivity index (χ2v) is 5.50. The summed E-state index contributed by atoms with van der Waals surface area (Å²) in [5.41, 5.74) is 1.26. The molecule has 2 aromatic rings. The standard InChI is InChI=1S/C19H21FO3/c1-5-16-18(20)7-6-14-10-15(23-12-22-9-8-21-4)11-17(13(2)3)19(14)16/h1,6-7,10-11,13H,8-9,12H2,2-4H3. The van der Waals surface area contributed by atoms with Gasteiger partial charge in [0.25, 0.3) is 0 Å². The van der Waals surface area contributed by atoms with E-state index in [-0.39, 0.29) is 18.5 Å². The molecule has 0 aliphatic heterocycles. The van der Waals surface area contributed by atoms with Gasteiger partial charge in [0.15, 0.2) is 6.79 Å². The van der Waals surface area contributed by atoms with Gasteiger partial charge in [-0.1, -0.05) is 25.8 Å². The molecule has 0 aliphatic carbocycles. The summed E-state index contributed by atoms with van der Waals surface area (Å²) < 4.78 is 29.8. The fourth-order valence-electron chi connectivity index (χ4n) is 2.44. The molecule has 0 saturated heterocycles. The summed E-state index contributed by atoms with van der Waals surface area (Å²) in [5, 5.41) is 1.63. The molecule has 0 radical (unpaired) electrons. The Morgan fingerprint density at radius 3 is 2.65 bits per heavy atom. The van der Waals surface area contributed by atoms with Gasteiger partial charge in [0, 0.05) is 12.5 Å². The number of halogens is 1. The van der Waals surface area contributed by atoms with Crippen LogP contribution in [0.1, 0.15) is 30.9 Å². The van der Waals surface area contributed by atoms with Gasteiger partial charge in [-0.3, -0.25) is 0 Å². The molecule has 23 heavy (non-hydrogen) atoms. The second-order valence-electron chi connectivity index (χ2n) is 5.50. The summed E-state index contributed by atoms with van der Waals surface area (Å²) in [7, 11) is 1.62. The molecule has 2 rings (SSSR count). The number of benzene rings is 2. The molecule has 0 heterocycles. The van der Waals surface area contributed by atoms with Crippen molar-refractivity contribution in [1.82, 2.24) is 0 Å². The Labute approximate surface area is 136 Å². The molecule has 4 heteroatoms. The van der Waals surface area contributed by atoms with Crippen LogP contribution in [-0.4, -0.2) is 27.1 Å². The molecule has 0 aromatic heterocycles. The van der Waals surface area contributed by atoms with E-state index in [9.17, 15) is 4.39 Å². The maximum atomic E-state index is 14.0. The molecule has 3 nitrogen and oxygen atoms in total. The highest BCUT2D eigenvalue weighted by Crippen LogP contribution is 2.33. The molecule has 0 atom stereocenters. The van der Waals surface area contributed by atoms with Gasteiger partial charge in [-0.15, -0.1) is 6.42 Å². The highest BCUT2D eigenvalue weighted by Gasteiger charge is 2.14. The van der Waals surface area contributed by atoms with Crippen molar-refractivity contribution in [3.63, 3.8) is 0 Å². The van der Waals surface area contributed by atoms with Crippen molar-refractivity contribution >= 4 is 10.8 Å². The van der Waals surface area contributed by atoms with Crippen molar-refractivity contribution in [2.45, 2.75) is 19.8 Å². The highest BCUT2D eigenvalue weighted by atomic mass is 19.1. The van der Waals surface area contributed by atoms with Crippen LogP contribution in [0, 0.1) is 18.2 Å². The Hall–Kier alpha value is -2.09. The third-order valence-electron chi connectivity index (χ3n) is 3.58. The van der Waals surface area contributed by atoms with Crippen molar-refractivity contribution in [3.8, 4) is 18.1 Å². The fourth-order valence-corrected chi connectivity index (χ4v) is 2.44. The van der Waals surface area contributed by atoms with Gasteiger partial charge < -0.3 is 14.2 Å². The average molecular weight is 316 g/mol. The second kappa shape index (κ2) is 7.96. The molecular formula is C19H21FO3. The van der Waals surface area contributed by atoms with Crippen molar-refractivity contribution in [1.29, 1.82) is 0 Å².